The molecule has 0 aromatic carbocycles. The molecule has 1 unspecified atom stereocenters. The van der Waals surface area contributed by atoms with Gasteiger partial charge in [0, 0.05) is 0 Å². The summed E-state index contributed by atoms with van der Waals surface area (Å²) in [6.07, 6.45) is 2.32. The Morgan fingerprint density at radius 1 is 1.53 bits per heavy atom. The average molecular weight is 257 g/mol. The molecule has 0 radical (unpaired) electrons. The van der Waals surface area contributed by atoms with E-state index in [9.17, 15) is 9.90 Å². The van der Waals surface area contributed by atoms with Gasteiger partial charge in [-0.25, -0.2) is 0 Å². The lowest BCUT2D eigenvalue weighted by atomic mass is 9.97. The van der Waals surface area contributed by atoms with E-state index >= 15 is 0 Å². The van der Waals surface area contributed by atoms with Crippen LogP contribution < -0.4 is 5.32 Å². The van der Waals surface area contributed by atoms with E-state index in [0.29, 0.717) is 17.0 Å². The lowest BCUT2D eigenvalue weighted by Crippen LogP contribution is -2.48. The van der Waals surface area contributed by atoms with Crippen molar-refractivity contribution in [2.45, 2.75) is 45.6 Å². The van der Waals surface area contributed by atoms with Gasteiger partial charge in [0.05, 0.1) is 17.8 Å². The maximum atomic E-state index is 12.0. The Balaban J connectivity index is 2.77. The van der Waals surface area contributed by atoms with Gasteiger partial charge in [-0.05, 0) is 31.3 Å². The van der Waals surface area contributed by atoms with Gasteiger partial charge in [0.1, 0.15) is 4.88 Å². The van der Waals surface area contributed by atoms with Gasteiger partial charge in [0.2, 0.25) is 0 Å². The topological polar surface area (TPSA) is 75.1 Å². The number of nitrogens with one attached hydrogen (secondary N) is 1. The van der Waals surface area contributed by atoms with Gasteiger partial charge < -0.3 is 10.4 Å². The first kappa shape index (κ1) is 14.1. The summed E-state index contributed by atoms with van der Waals surface area (Å²) in [5, 5.41) is 16.1. The highest BCUT2D eigenvalue weighted by Crippen LogP contribution is 2.16. The molecule has 0 aliphatic rings. The summed E-state index contributed by atoms with van der Waals surface area (Å²) in [6.45, 7) is 5.73. The summed E-state index contributed by atoms with van der Waals surface area (Å²) < 4.78 is 3.78. The van der Waals surface area contributed by atoms with Crippen LogP contribution in [0.25, 0.3) is 0 Å². The molecule has 0 saturated carbocycles. The Morgan fingerprint density at radius 2 is 2.24 bits per heavy atom. The Labute approximate surface area is 105 Å². The second-order valence-electron chi connectivity index (χ2n) is 4.33. The third-order valence-electron chi connectivity index (χ3n) is 2.66. The van der Waals surface area contributed by atoms with Crippen LogP contribution in [0.2, 0.25) is 0 Å². The van der Waals surface area contributed by atoms with E-state index in [-0.39, 0.29) is 12.5 Å². The second kappa shape index (κ2) is 6.07. The molecule has 0 saturated heterocycles. The number of hydrogen-bond donors (Lipinski definition) is 2. The largest absolute Gasteiger partial charge is 0.394 e. The number of aliphatic hydroxyl groups excluding tert-OH is 1. The van der Waals surface area contributed by atoms with E-state index in [1.807, 2.05) is 20.8 Å². The molecular weight excluding hydrogens is 238 g/mol. The third-order valence-corrected chi connectivity index (χ3v) is 3.43. The van der Waals surface area contributed by atoms with E-state index < -0.39 is 5.54 Å². The highest BCUT2D eigenvalue weighted by Gasteiger charge is 2.27. The number of nitrogens with zero attached hydrogens (tertiary/aromatic N) is 2. The second-order valence-corrected chi connectivity index (χ2v) is 5.08. The highest BCUT2D eigenvalue weighted by atomic mass is 32.1. The standard InChI is InChI=1S/C11H19N3O2S/c1-4-6-11(3,7-15)12-10(16)9-8(5-2)13-14-17-9/h15H,4-7H2,1-3H3,(H,12,16). The molecule has 6 heteroatoms. The maximum absolute atomic E-state index is 12.0. The van der Waals surface area contributed by atoms with E-state index in [1.165, 1.54) is 0 Å². The van der Waals surface area contributed by atoms with Gasteiger partial charge in [-0.2, -0.15) is 0 Å². The van der Waals surface area contributed by atoms with Crippen LogP contribution in [-0.2, 0) is 6.42 Å². The smallest absolute Gasteiger partial charge is 0.265 e. The first-order valence-electron chi connectivity index (χ1n) is 5.81. The Kier molecular flexibility index (Phi) is 5.02. The van der Waals surface area contributed by atoms with Crippen LogP contribution in [0, 0.1) is 0 Å². The number of amides is 1. The fourth-order valence-electron chi connectivity index (χ4n) is 1.68. The van der Waals surface area contributed by atoms with Gasteiger partial charge in [0.15, 0.2) is 0 Å². The number of rotatable bonds is 6. The zero-order chi connectivity index (χ0) is 12.9. The predicted octanol–water partition coefficient (Wildman–Crippen LogP) is 1.38. The monoisotopic (exact) mass is 257 g/mol. The van der Waals surface area contributed by atoms with E-state index in [1.54, 1.807) is 0 Å². The molecular formula is C11H19N3O2S. The fourth-order valence-corrected chi connectivity index (χ4v) is 2.32. The number of aryl methyl sites for hydroxylation is 1. The van der Waals surface area contributed by atoms with Crippen molar-refractivity contribution in [2.75, 3.05) is 6.61 Å². The molecule has 1 aromatic heterocycles. The SMILES string of the molecule is CCCC(C)(CO)NC(=O)c1snnc1CC. The molecule has 1 rings (SSSR count). The van der Waals surface area contributed by atoms with E-state index in [2.05, 4.69) is 14.9 Å². The van der Waals surface area contributed by atoms with Gasteiger partial charge in [-0.1, -0.05) is 24.8 Å². The number of carbonyl (C=O) groups is 1. The van der Waals surface area contributed by atoms with Crippen LogP contribution in [0.4, 0.5) is 0 Å². The van der Waals surface area contributed by atoms with Crippen molar-refractivity contribution in [2.24, 2.45) is 0 Å². The van der Waals surface area contributed by atoms with Crippen molar-refractivity contribution in [3.8, 4) is 0 Å². The summed E-state index contributed by atoms with van der Waals surface area (Å²) in [5.74, 6) is -0.193. The number of carbonyl (C=O) groups excluding carboxylic acids is 1. The summed E-state index contributed by atoms with van der Waals surface area (Å²) in [6, 6.07) is 0. The molecule has 0 bridgehead atoms. The molecule has 1 amide bonds. The molecule has 0 aliphatic carbocycles. The maximum Gasteiger partial charge on any atom is 0.265 e. The molecule has 0 fully saturated rings. The molecule has 2 N–H and O–H groups in total. The van der Waals surface area contributed by atoms with E-state index in [0.717, 1.165) is 24.4 Å². The Bertz CT molecular complexity index is 381. The third kappa shape index (κ3) is 3.47. The first-order valence-corrected chi connectivity index (χ1v) is 6.58. The summed E-state index contributed by atoms with van der Waals surface area (Å²) >= 11 is 1.10. The summed E-state index contributed by atoms with van der Waals surface area (Å²) in [7, 11) is 0. The van der Waals surface area contributed by atoms with Crippen LogP contribution >= 0.6 is 11.5 Å². The molecule has 1 atom stereocenters. The summed E-state index contributed by atoms with van der Waals surface area (Å²) in [5.41, 5.74) is 0.144. The first-order chi connectivity index (χ1) is 8.06. The van der Waals surface area contributed by atoms with Gasteiger partial charge >= 0.3 is 0 Å². The molecule has 0 aliphatic heterocycles. The minimum atomic E-state index is -0.569. The Morgan fingerprint density at radius 3 is 2.76 bits per heavy atom. The van der Waals surface area contributed by atoms with Crippen molar-refractivity contribution >= 4 is 17.4 Å². The van der Waals surface area contributed by atoms with Crippen LogP contribution in [-0.4, -0.2) is 32.7 Å². The van der Waals surface area contributed by atoms with Crippen molar-refractivity contribution in [3.05, 3.63) is 10.6 Å². The minimum Gasteiger partial charge on any atom is -0.394 e. The molecule has 96 valence electrons. The van der Waals surface area contributed by atoms with Crippen molar-refractivity contribution < 1.29 is 9.90 Å². The van der Waals surface area contributed by atoms with Crippen molar-refractivity contribution in [3.63, 3.8) is 0 Å². The van der Waals surface area contributed by atoms with Gasteiger partial charge in [-0.3, -0.25) is 4.79 Å². The number of hydrogen-bond acceptors (Lipinski definition) is 5. The zero-order valence-electron chi connectivity index (χ0n) is 10.5. The molecule has 5 nitrogen and oxygen atoms in total. The van der Waals surface area contributed by atoms with Crippen LogP contribution in [0.3, 0.4) is 0 Å². The molecule has 1 heterocycles. The van der Waals surface area contributed by atoms with Crippen molar-refractivity contribution in [1.82, 2.24) is 14.9 Å². The normalized spacial score (nSPS) is 14.4. The number of aromatic nitrogens is 2. The lowest BCUT2D eigenvalue weighted by molar-refractivity contribution is 0.0844. The minimum absolute atomic E-state index is 0.0692. The lowest BCUT2D eigenvalue weighted by Gasteiger charge is -2.28. The summed E-state index contributed by atoms with van der Waals surface area (Å²) in [4.78, 5) is 12.6. The quantitative estimate of drug-likeness (QED) is 0.807. The average Bonchev–Trinajstić information content (AvgIpc) is 2.77. The van der Waals surface area contributed by atoms with Gasteiger partial charge in [-0.15, -0.1) is 5.10 Å². The zero-order valence-corrected chi connectivity index (χ0v) is 11.3. The highest BCUT2D eigenvalue weighted by molar-refractivity contribution is 7.08. The van der Waals surface area contributed by atoms with Gasteiger partial charge in [0.25, 0.3) is 5.91 Å². The van der Waals surface area contributed by atoms with Crippen molar-refractivity contribution in [1.29, 1.82) is 0 Å². The predicted molar refractivity (Wildman–Crippen MR) is 67.2 cm³/mol. The molecule has 1 aromatic rings. The molecule has 0 spiro atoms. The van der Waals surface area contributed by atoms with Crippen LogP contribution in [0.15, 0.2) is 0 Å². The van der Waals surface area contributed by atoms with Crippen LogP contribution in [0.5, 0.6) is 0 Å². The number of aliphatic hydroxyl groups is 1. The van der Waals surface area contributed by atoms with E-state index in [4.69, 9.17) is 0 Å². The van der Waals surface area contributed by atoms with Crippen LogP contribution in [0.1, 0.15) is 49.0 Å². The fraction of sp³-hybridized carbons (Fsp3) is 0.727. The Hall–Kier alpha value is -1.01. The molecule has 17 heavy (non-hydrogen) atoms.